The summed E-state index contributed by atoms with van der Waals surface area (Å²) in [6.45, 7) is 0. The number of hydrogen-bond acceptors (Lipinski definition) is 10. The van der Waals surface area contributed by atoms with Gasteiger partial charge in [-0.3, -0.25) is 4.79 Å². The highest BCUT2D eigenvalue weighted by molar-refractivity contribution is 5.88. The number of carbonyl (C=O) groups is 1. The molecule has 6 N–H and O–H groups in total. The molecule has 1 saturated heterocycles. The molecule has 11 nitrogen and oxygen atoms in total. The zero-order valence-electron chi connectivity index (χ0n) is 16.2. The minimum Gasteiger partial charge on any atom is -0.508 e. The Bertz CT molecular complexity index is 1220. The summed E-state index contributed by atoms with van der Waals surface area (Å²) in [7, 11) is 0. The maximum Gasteiger partial charge on any atom is 0.335 e. The average molecular weight is 446 g/mol. The maximum atomic E-state index is 12.9. The Morgan fingerprint density at radius 3 is 2.31 bits per heavy atom. The normalized spacial score (nSPS) is 25.5. The number of aliphatic hydroxyl groups is 3. The Balaban J connectivity index is 1.68. The molecule has 0 bridgehead atoms. The zero-order valence-corrected chi connectivity index (χ0v) is 16.2. The Labute approximate surface area is 178 Å². The fourth-order valence-electron chi connectivity index (χ4n) is 3.40. The number of fused-ring (bicyclic) bond motifs is 1. The zero-order chi connectivity index (χ0) is 23.2. The quantitative estimate of drug-likeness (QED) is 0.320. The molecule has 0 aliphatic carbocycles. The van der Waals surface area contributed by atoms with Crippen LogP contribution in [0.4, 0.5) is 0 Å². The van der Waals surface area contributed by atoms with Crippen LogP contribution in [0.3, 0.4) is 0 Å². The van der Waals surface area contributed by atoms with E-state index in [4.69, 9.17) is 19.0 Å². The van der Waals surface area contributed by atoms with Crippen LogP contribution in [-0.4, -0.2) is 67.3 Å². The van der Waals surface area contributed by atoms with Gasteiger partial charge in [-0.1, -0.05) is 12.1 Å². The summed E-state index contributed by atoms with van der Waals surface area (Å²) in [5.74, 6) is -2.25. The van der Waals surface area contributed by atoms with Crippen LogP contribution in [0.15, 0.2) is 51.9 Å². The second-order valence-corrected chi connectivity index (χ2v) is 7.19. The van der Waals surface area contributed by atoms with Gasteiger partial charge in [0.15, 0.2) is 6.10 Å². The van der Waals surface area contributed by atoms with Gasteiger partial charge in [-0.25, -0.2) is 4.79 Å². The summed E-state index contributed by atoms with van der Waals surface area (Å²) in [6.07, 6.45) is -7.96. The fraction of sp³-hybridized carbons (Fsp3) is 0.238. The third kappa shape index (κ3) is 3.74. The second-order valence-electron chi connectivity index (χ2n) is 7.19. The van der Waals surface area contributed by atoms with E-state index in [1.807, 2.05) is 0 Å². The Morgan fingerprint density at radius 1 is 0.969 bits per heavy atom. The highest BCUT2D eigenvalue weighted by atomic mass is 16.7. The maximum absolute atomic E-state index is 12.9. The standard InChI is InChI=1S/C21H18O11/c22-9-3-1-8(2-4-9)11-7-30-13-6-10(5-12(23)14(13)15(11)24)31-21-18(27)16(25)17(26)19(32-21)20(28)29/h1-7,16-19,21-23,25-27H,(H,28,29)/t16-,17-,18-,19-,21+/m1/s1. The number of rotatable bonds is 4. The van der Waals surface area contributed by atoms with Crippen molar-refractivity contribution in [1.82, 2.24) is 0 Å². The molecule has 0 amide bonds. The van der Waals surface area contributed by atoms with Crippen LogP contribution in [0, 0.1) is 0 Å². The first-order valence-corrected chi connectivity index (χ1v) is 9.34. The summed E-state index contributed by atoms with van der Waals surface area (Å²) >= 11 is 0. The van der Waals surface area contributed by atoms with Gasteiger partial charge < -0.3 is 44.5 Å². The van der Waals surface area contributed by atoms with Crippen molar-refractivity contribution in [3.63, 3.8) is 0 Å². The van der Waals surface area contributed by atoms with Crippen LogP contribution in [0.5, 0.6) is 17.2 Å². The first-order chi connectivity index (χ1) is 15.2. The van der Waals surface area contributed by atoms with Crippen molar-refractivity contribution in [3.8, 4) is 28.4 Å². The van der Waals surface area contributed by atoms with Crippen molar-refractivity contribution in [2.24, 2.45) is 0 Å². The molecule has 0 spiro atoms. The van der Waals surface area contributed by atoms with Gasteiger partial charge in [0.2, 0.25) is 11.7 Å². The summed E-state index contributed by atoms with van der Waals surface area (Å²) in [4.78, 5) is 24.1. The van der Waals surface area contributed by atoms with Crippen molar-refractivity contribution in [2.75, 3.05) is 0 Å². The fourth-order valence-corrected chi connectivity index (χ4v) is 3.40. The predicted octanol–water partition coefficient (Wildman–Crippen LogP) is 0.142. The van der Waals surface area contributed by atoms with Crippen molar-refractivity contribution >= 4 is 16.9 Å². The molecule has 11 heteroatoms. The van der Waals surface area contributed by atoms with Gasteiger partial charge in [-0.2, -0.15) is 0 Å². The van der Waals surface area contributed by atoms with Gasteiger partial charge in [-0.15, -0.1) is 0 Å². The number of carboxylic acid groups (broad SMARTS) is 1. The summed E-state index contributed by atoms with van der Waals surface area (Å²) < 4.78 is 15.9. The minimum absolute atomic E-state index is 0.0125. The van der Waals surface area contributed by atoms with Gasteiger partial charge in [0.1, 0.15) is 52.8 Å². The van der Waals surface area contributed by atoms with Crippen LogP contribution >= 0.6 is 0 Å². The number of hydrogen-bond donors (Lipinski definition) is 6. The number of phenolic OH excluding ortho intramolecular Hbond substituents is 2. The highest BCUT2D eigenvalue weighted by Gasteiger charge is 2.48. The largest absolute Gasteiger partial charge is 0.508 e. The van der Waals surface area contributed by atoms with E-state index in [-0.39, 0.29) is 28.0 Å². The molecule has 0 saturated carbocycles. The Hall–Kier alpha value is -3.64. The summed E-state index contributed by atoms with van der Waals surface area (Å²) in [6, 6.07) is 8.02. The van der Waals surface area contributed by atoms with Crippen molar-refractivity contribution in [2.45, 2.75) is 30.7 Å². The average Bonchev–Trinajstić information content (AvgIpc) is 2.74. The lowest BCUT2D eigenvalue weighted by Crippen LogP contribution is -2.61. The lowest BCUT2D eigenvalue weighted by Gasteiger charge is -2.38. The number of aromatic hydroxyl groups is 2. The van der Waals surface area contributed by atoms with Crippen molar-refractivity contribution in [1.29, 1.82) is 0 Å². The van der Waals surface area contributed by atoms with Gasteiger partial charge in [-0.05, 0) is 17.7 Å². The number of carboxylic acids is 1. The number of ether oxygens (including phenoxy) is 2. The molecule has 168 valence electrons. The van der Waals surface area contributed by atoms with E-state index in [1.54, 1.807) is 0 Å². The molecule has 4 rings (SSSR count). The Kier molecular flexibility index (Phi) is 5.48. The van der Waals surface area contributed by atoms with Crippen LogP contribution in [-0.2, 0) is 9.53 Å². The smallest absolute Gasteiger partial charge is 0.335 e. The first kappa shape index (κ1) is 21.6. The molecule has 2 aromatic carbocycles. The highest BCUT2D eigenvalue weighted by Crippen LogP contribution is 2.32. The third-order valence-electron chi connectivity index (χ3n) is 5.07. The van der Waals surface area contributed by atoms with E-state index in [2.05, 4.69) is 0 Å². The van der Waals surface area contributed by atoms with E-state index in [0.29, 0.717) is 5.56 Å². The van der Waals surface area contributed by atoms with E-state index < -0.39 is 47.9 Å². The van der Waals surface area contributed by atoms with Crippen molar-refractivity contribution < 1.29 is 49.3 Å². The van der Waals surface area contributed by atoms with Gasteiger partial charge in [0, 0.05) is 12.1 Å². The minimum atomic E-state index is -1.89. The van der Waals surface area contributed by atoms with E-state index >= 15 is 0 Å². The van der Waals surface area contributed by atoms with Crippen LogP contribution in [0.1, 0.15) is 0 Å². The van der Waals surface area contributed by atoms with Crippen molar-refractivity contribution in [3.05, 3.63) is 52.9 Å². The molecule has 5 atom stereocenters. The lowest BCUT2D eigenvalue weighted by atomic mass is 9.99. The molecule has 0 unspecified atom stereocenters. The molecule has 1 aliphatic heterocycles. The summed E-state index contributed by atoms with van der Waals surface area (Å²) in [5, 5.41) is 58.5. The molecule has 0 radical (unpaired) electrons. The van der Waals surface area contributed by atoms with E-state index in [0.717, 1.165) is 12.3 Å². The Morgan fingerprint density at radius 2 is 1.66 bits per heavy atom. The summed E-state index contributed by atoms with van der Waals surface area (Å²) in [5.41, 5.74) is -0.0503. The molecule has 2 heterocycles. The molecule has 1 aromatic heterocycles. The number of phenols is 2. The van der Waals surface area contributed by atoms with Gasteiger partial charge in [0.05, 0.1) is 5.56 Å². The second kappa shape index (κ2) is 8.13. The number of aliphatic hydroxyl groups excluding tert-OH is 3. The van der Waals surface area contributed by atoms with E-state index in [9.17, 15) is 35.1 Å². The van der Waals surface area contributed by atoms with Gasteiger partial charge in [0.25, 0.3) is 0 Å². The third-order valence-corrected chi connectivity index (χ3v) is 5.07. The SMILES string of the molecule is O=C(O)[C@@H]1O[C@H](Oc2cc(O)c3c(=O)c(-c4ccc(O)cc4)coc3c2)[C@H](O)[C@H](O)[C@H]1O. The molecule has 1 aliphatic rings. The molecular formula is C21H18O11. The monoisotopic (exact) mass is 446 g/mol. The topological polar surface area (TPSA) is 187 Å². The molecule has 1 fully saturated rings. The first-order valence-electron chi connectivity index (χ1n) is 9.34. The molecular weight excluding hydrogens is 428 g/mol. The van der Waals surface area contributed by atoms with Gasteiger partial charge >= 0.3 is 5.97 Å². The number of aliphatic carboxylic acids is 1. The number of benzene rings is 2. The van der Waals surface area contributed by atoms with Crippen LogP contribution < -0.4 is 10.2 Å². The molecule has 3 aromatic rings. The molecule has 32 heavy (non-hydrogen) atoms. The van der Waals surface area contributed by atoms with Crippen LogP contribution in [0.2, 0.25) is 0 Å². The van der Waals surface area contributed by atoms with Crippen LogP contribution in [0.25, 0.3) is 22.1 Å². The predicted molar refractivity (Wildman–Crippen MR) is 106 cm³/mol. The van der Waals surface area contributed by atoms with E-state index in [1.165, 1.54) is 30.3 Å². The lowest BCUT2D eigenvalue weighted by molar-refractivity contribution is -0.271.